The van der Waals surface area contributed by atoms with Crippen LogP contribution in [0.2, 0.25) is 0 Å². The molecule has 0 bridgehead atoms. The molecule has 1 rings (SSSR count). The van der Waals surface area contributed by atoms with Crippen molar-refractivity contribution >= 4 is 11.9 Å². The predicted octanol–water partition coefficient (Wildman–Crippen LogP) is 1.72. The zero-order valence-corrected chi connectivity index (χ0v) is 12.3. The third kappa shape index (κ3) is 4.57. The molecule has 0 radical (unpaired) electrons. The molecule has 0 saturated heterocycles. The number of hydrogen-bond donors (Lipinski definition) is 0. The zero-order valence-electron chi connectivity index (χ0n) is 12.3. The van der Waals surface area contributed by atoms with Gasteiger partial charge in [0.2, 0.25) is 0 Å². The fraction of sp³-hybridized carbons (Fsp3) is 0.467. The minimum atomic E-state index is -0.604. The van der Waals surface area contributed by atoms with Gasteiger partial charge in [-0.25, -0.2) is 0 Å². The topological polar surface area (TPSA) is 55.8 Å². The maximum absolute atomic E-state index is 12.1. The Morgan fingerprint density at radius 1 is 1.20 bits per heavy atom. The summed E-state index contributed by atoms with van der Waals surface area (Å²) in [7, 11) is 2.98. The molecule has 1 aromatic carbocycles. The van der Waals surface area contributed by atoms with Crippen LogP contribution >= 0.6 is 0 Å². The van der Waals surface area contributed by atoms with Gasteiger partial charge in [0.25, 0.3) is 5.91 Å². The molecule has 5 nitrogen and oxygen atoms in total. The molecule has 1 amide bonds. The van der Waals surface area contributed by atoms with Crippen LogP contribution in [0.3, 0.4) is 0 Å². The molecule has 0 aromatic heterocycles. The van der Waals surface area contributed by atoms with Crippen LogP contribution in [0.5, 0.6) is 5.75 Å². The molecule has 0 aliphatic carbocycles. The molecule has 0 saturated carbocycles. The van der Waals surface area contributed by atoms with E-state index in [0.29, 0.717) is 12.3 Å². The highest BCUT2D eigenvalue weighted by atomic mass is 16.5. The zero-order chi connectivity index (χ0) is 15.1. The number of carbonyl (C=O) groups is 2. The standard InChI is InChI=1S/C15H21NO4/c1-11(15(18)19-4)10-16(3)14(17)12(2)20-13-8-6-5-7-9-13/h5-9,11-12H,10H2,1-4H3. The molecule has 2 unspecified atom stereocenters. The van der Waals surface area contributed by atoms with Crippen LogP contribution in [-0.2, 0) is 14.3 Å². The van der Waals surface area contributed by atoms with Crippen molar-refractivity contribution in [2.24, 2.45) is 5.92 Å². The van der Waals surface area contributed by atoms with Crippen molar-refractivity contribution in [3.63, 3.8) is 0 Å². The van der Waals surface area contributed by atoms with Gasteiger partial charge in [-0.2, -0.15) is 0 Å². The Kier molecular flexibility index (Phi) is 6.03. The molecule has 0 aliphatic heterocycles. The Morgan fingerprint density at radius 3 is 2.35 bits per heavy atom. The number of para-hydroxylation sites is 1. The van der Waals surface area contributed by atoms with Crippen LogP contribution in [0.4, 0.5) is 0 Å². The van der Waals surface area contributed by atoms with Crippen LogP contribution in [0, 0.1) is 5.92 Å². The number of nitrogens with zero attached hydrogens (tertiary/aromatic N) is 1. The van der Waals surface area contributed by atoms with Gasteiger partial charge in [0.05, 0.1) is 13.0 Å². The molecule has 0 spiro atoms. The Hall–Kier alpha value is -2.04. The summed E-state index contributed by atoms with van der Waals surface area (Å²) >= 11 is 0. The van der Waals surface area contributed by atoms with Crippen LogP contribution in [0.1, 0.15) is 13.8 Å². The largest absolute Gasteiger partial charge is 0.481 e. The second-order valence-corrected chi connectivity index (χ2v) is 4.72. The van der Waals surface area contributed by atoms with Gasteiger partial charge in [0.15, 0.2) is 6.10 Å². The number of hydrogen-bond acceptors (Lipinski definition) is 4. The van der Waals surface area contributed by atoms with Crippen LogP contribution in [0.25, 0.3) is 0 Å². The monoisotopic (exact) mass is 279 g/mol. The van der Waals surface area contributed by atoms with E-state index in [1.54, 1.807) is 33.0 Å². The van der Waals surface area contributed by atoms with Gasteiger partial charge in [-0.05, 0) is 19.1 Å². The maximum Gasteiger partial charge on any atom is 0.310 e. The van der Waals surface area contributed by atoms with Crippen LogP contribution in [-0.4, -0.2) is 43.6 Å². The smallest absolute Gasteiger partial charge is 0.310 e. The first-order valence-electron chi connectivity index (χ1n) is 6.50. The van der Waals surface area contributed by atoms with E-state index < -0.39 is 6.10 Å². The lowest BCUT2D eigenvalue weighted by Gasteiger charge is -2.24. The maximum atomic E-state index is 12.1. The van der Waals surface area contributed by atoms with E-state index in [-0.39, 0.29) is 17.8 Å². The van der Waals surface area contributed by atoms with E-state index >= 15 is 0 Å². The van der Waals surface area contributed by atoms with E-state index in [1.165, 1.54) is 12.0 Å². The Balaban J connectivity index is 2.53. The van der Waals surface area contributed by atoms with E-state index in [4.69, 9.17) is 4.74 Å². The predicted molar refractivity (Wildman–Crippen MR) is 75.3 cm³/mol. The number of methoxy groups -OCH3 is 1. The Morgan fingerprint density at radius 2 is 1.80 bits per heavy atom. The molecular weight excluding hydrogens is 258 g/mol. The first kappa shape index (κ1) is 16.0. The molecule has 5 heteroatoms. The fourth-order valence-corrected chi connectivity index (χ4v) is 1.84. The van der Waals surface area contributed by atoms with Crippen molar-refractivity contribution in [3.05, 3.63) is 30.3 Å². The lowest BCUT2D eigenvalue weighted by atomic mass is 10.1. The van der Waals surface area contributed by atoms with E-state index in [9.17, 15) is 9.59 Å². The summed E-state index contributed by atoms with van der Waals surface area (Å²) in [5, 5.41) is 0. The summed E-state index contributed by atoms with van der Waals surface area (Å²) in [5.74, 6) is -0.230. The quantitative estimate of drug-likeness (QED) is 0.744. The van der Waals surface area contributed by atoms with Crippen molar-refractivity contribution in [1.82, 2.24) is 4.90 Å². The summed E-state index contributed by atoms with van der Waals surface area (Å²) in [6.07, 6.45) is -0.604. The first-order valence-corrected chi connectivity index (χ1v) is 6.50. The highest BCUT2D eigenvalue weighted by molar-refractivity contribution is 5.81. The van der Waals surface area contributed by atoms with Crippen molar-refractivity contribution < 1.29 is 19.1 Å². The van der Waals surface area contributed by atoms with Gasteiger partial charge in [-0.3, -0.25) is 9.59 Å². The van der Waals surface area contributed by atoms with Crippen molar-refractivity contribution in [2.45, 2.75) is 20.0 Å². The third-order valence-electron chi connectivity index (χ3n) is 2.93. The van der Waals surface area contributed by atoms with E-state index in [1.807, 2.05) is 18.2 Å². The van der Waals surface area contributed by atoms with Crippen LogP contribution in [0.15, 0.2) is 30.3 Å². The van der Waals surface area contributed by atoms with Crippen molar-refractivity contribution in [2.75, 3.05) is 20.7 Å². The average Bonchev–Trinajstić information content (AvgIpc) is 2.46. The second-order valence-electron chi connectivity index (χ2n) is 4.72. The fourth-order valence-electron chi connectivity index (χ4n) is 1.84. The molecular formula is C15H21NO4. The molecule has 0 heterocycles. The molecule has 1 aromatic rings. The summed E-state index contributed by atoms with van der Waals surface area (Å²) in [6.45, 7) is 3.71. The first-order chi connectivity index (χ1) is 9.45. The van der Waals surface area contributed by atoms with Crippen molar-refractivity contribution in [3.8, 4) is 5.75 Å². The van der Waals surface area contributed by atoms with Crippen LogP contribution < -0.4 is 4.74 Å². The Labute approximate surface area is 119 Å². The molecule has 0 aliphatic rings. The molecule has 0 fully saturated rings. The minimum Gasteiger partial charge on any atom is -0.481 e. The van der Waals surface area contributed by atoms with E-state index in [0.717, 1.165) is 0 Å². The minimum absolute atomic E-state index is 0.176. The lowest BCUT2D eigenvalue weighted by Crippen LogP contribution is -2.41. The normalized spacial score (nSPS) is 13.2. The summed E-state index contributed by atoms with van der Waals surface area (Å²) in [5.41, 5.74) is 0. The molecule has 20 heavy (non-hydrogen) atoms. The van der Waals surface area contributed by atoms with Gasteiger partial charge in [0.1, 0.15) is 5.75 Å². The summed E-state index contributed by atoms with van der Waals surface area (Å²) in [4.78, 5) is 25.0. The second kappa shape index (κ2) is 7.53. The third-order valence-corrected chi connectivity index (χ3v) is 2.93. The highest BCUT2D eigenvalue weighted by Gasteiger charge is 2.23. The van der Waals surface area contributed by atoms with Gasteiger partial charge >= 0.3 is 5.97 Å². The summed E-state index contributed by atoms with van der Waals surface area (Å²) < 4.78 is 10.2. The lowest BCUT2D eigenvalue weighted by molar-refractivity contribution is -0.147. The Bertz CT molecular complexity index is 446. The number of rotatable bonds is 6. The van der Waals surface area contributed by atoms with Gasteiger partial charge in [0, 0.05) is 13.6 Å². The number of esters is 1. The SMILES string of the molecule is COC(=O)C(C)CN(C)C(=O)C(C)Oc1ccccc1. The number of benzene rings is 1. The van der Waals surface area contributed by atoms with Crippen molar-refractivity contribution in [1.29, 1.82) is 0 Å². The van der Waals surface area contributed by atoms with Gasteiger partial charge in [-0.1, -0.05) is 25.1 Å². The number of likely N-dealkylation sites (N-methyl/N-ethyl adjacent to an activating group) is 1. The summed E-state index contributed by atoms with van der Waals surface area (Å²) in [6, 6.07) is 9.15. The van der Waals surface area contributed by atoms with Gasteiger partial charge in [-0.15, -0.1) is 0 Å². The molecule has 110 valence electrons. The average molecular weight is 279 g/mol. The number of amides is 1. The highest BCUT2D eigenvalue weighted by Crippen LogP contribution is 2.12. The van der Waals surface area contributed by atoms with E-state index in [2.05, 4.69) is 4.74 Å². The molecule has 2 atom stereocenters. The molecule has 0 N–H and O–H groups in total. The van der Waals surface area contributed by atoms with Gasteiger partial charge < -0.3 is 14.4 Å². The number of ether oxygens (including phenoxy) is 2. The number of carbonyl (C=O) groups excluding carboxylic acids is 2.